The number of aliphatic carboxylic acids is 1. The molecule has 0 bridgehead atoms. The molecular formula is C16H23N3O5. The minimum Gasteiger partial charge on any atom is -0.479 e. The summed E-state index contributed by atoms with van der Waals surface area (Å²) in [5.41, 5.74) is -0.740. The molecule has 8 heteroatoms. The molecule has 1 atom stereocenters. The second-order valence-corrected chi connectivity index (χ2v) is 5.85. The number of carboxylic acids is 1. The summed E-state index contributed by atoms with van der Waals surface area (Å²) in [7, 11) is 1.36. The Bertz CT molecular complexity index is 600. The number of methoxy groups -OCH3 is 1. The number of nitrogens with one attached hydrogen (secondary N) is 3. The summed E-state index contributed by atoms with van der Waals surface area (Å²) >= 11 is 0. The number of carbonyl (C=O) groups excluding carboxylic acids is 2. The van der Waals surface area contributed by atoms with Gasteiger partial charge in [0.2, 0.25) is 0 Å². The molecule has 0 fully saturated rings. The van der Waals surface area contributed by atoms with E-state index in [-0.39, 0.29) is 24.2 Å². The Balaban J connectivity index is 2.76. The number of rotatable bonds is 7. The molecule has 1 aromatic carbocycles. The van der Waals surface area contributed by atoms with Crippen molar-refractivity contribution in [2.75, 3.05) is 19.0 Å². The van der Waals surface area contributed by atoms with Gasteiger partial charge in [-0.15, -0.1) is 0 Å². The van der Waals surface area contributed by atoms with Gasteiger partial charge in [0.1, 0.15) is 0 Å². The van der Waals surface area contributed by atoms with Crippen LogP contribution >= 0.6 is 0 Å². The molecule has 0 saturated carbocycles. The van der Waals surface area contributed by atoms with Crippen LogP contribution in [0.2, 0.25) is 0 Å². The molecule has 1 aromatic rings. The van der Waals surface area contributed by atoms with Crippen molar-refractivity contribution in [2.24, 2.45) is 0 Å². The Hall–Kier alpha value is -2.61. The Kier molecular flexibility index (Phi) is 6.72. The first-order valence-corrected chi connectivity index (χ1v) is 7.40. The van der Waals surface area contributed by atoms with Crippen LogP contribution in [0.25, 0.3) is 0 Å². The number of anilines is 1. The molecule has 0 aromatic heterocycles. The molecule has 0 spiro atoms. The van der Waals surface area contributed by atoms with Gasteiger partial charge in [0.05, 0.1) is 6.61 Å². The van der Waals surface area contributed by atoms with E-state index in [1.807, 2.05) is 13.8 Å². The summed E-state index contributed by atoms with van der Waals surface area (Å²) in [6.45, 7) is 4.88. The highest BCUT2D eigenvalue weighted by Crippen LogP contribution is 2.12. The monoisotopic (exact) mass is 337 g/mol. The molecule has 24 heavy (non-hydrogen) atoms. The molecule has 1 unspecified atom stereocenters. The number of carbonyl (C=O) groups is 3. The van der Waals surface area contributed by atoms with Crippen LogP contribution in [-0.2, 0) is 9.53 Å². The van der Waals surface area contributed by atoms with Gasteiger partial charge in [-0.1, -0.05) is 0 Å². The second-order valence-electron chi connectivity index (χ2n) is 5.85. The molecule has 0 aliphatic heterocycles. The Morgan fingerprint density at radius 1 is 1.21 bits per heavy atom. The predicted octanol–water partition coefficient (Wildman–Crippen LogP) is 1.44. The standard InChI is InChI=1S/C16H23N3O5/c1-10(2)17-15(23)18-12-7-5-11(6-8-12)13(20)19-16(3,9-24-4)14(21)22/h5-8,10H,9H2,1-4H3,(H,19,20)(H,21,22)(H2,17,18,23). The van der Waals surface area contributed by atoms with Gasteiger partial charge in [0.25, 0.3) is 5.91 Å². The van der Waals surface area contributed by atoms with E-state index in [0.717, 1.165) is 0 Å². The lowest BCUT2D eigenvalue weighted by molar-refractivity contribution is -0.145. The third-order valence-corrected chi connectivity index (χ3v) is 3.12. The van der Waals surface area contributed by atoms with Crippen LogP contribution < -0.4 is 16.0 Å². The van der Waals surface area contributed by atoms with Crippen LogP contribution in [-0.4, -0.2) is 48.3 Å². The second kappa shape index (κ2) is 8.30. The SMILES string of the molecule is COCC(C)(NC(=O)c1ccc(NC(=O)NC(C)C)cc1)C(=O)O. The quantitative estimate of drug-likeness (QED) is 0.600. The van der Waals surface area contributed by atoms with Gasteiger partial charge in [0.15, 0.2) is 5.54 Å². The van der Waals surface area contributed by atoms with Crippen molar-refractivity contribution < 1.29 is 24.2 Å². The maximum absolute atomic E-state index is 12.2. The zero-order valence-corrected chi connectivity index (χ0v) is 14.2. The molecule has 0 aliphatic rings. The van der Waals surface area contributed by atoms with Gasteiger partial charge in [0, 0.05) is 24.4 Å². The number of urea groups is 1. The summed E-state index contributed by atoms with van der Waals surface area (Å²) in [4.78, 5) is 35.1. The van der Waals surface area contributed by atoms with Crippen molar-refractivity contribution in [3.63, 3.8) is 0 Å². The molecule has 1 rings (SSSR count). The van der Waals surface area contributed by atoms with Gasteiger partial charge < -0.3 is 25.8 Å². The number of hydrogen-bond acceptors (Lipinski definition) is 4. The predicted molar refractivity (Wildman–Crippen MR) is 89.1 cm³/mol. The first-order valence-electron chi connectivity index (χ1n) is 7.40. The van der Waals surface area contributed by atoms with Gasteiger partial charge in [-0.25, -0.2) is 9.59 Å². The first kappa shape index (κ1) is 19.4. The Morgan fingerprint density at radius 3 is 2.25 bits per heavy atom. The van der Waals surface area contributed by atoms with E-state index in [9.17, 15) is 19.5 Å². The molecule has 132 valence electrons. The van der Waals surface area contributed by atoms with Crippen molar-refractivity contribution >= 4 is 23.6 Å². The Labute approximate surface area is 140 Å². The van der Waals surface area contributed by atoms with Gasteiger partial charge in [-0.2, -0.15) is 0 Å². The van der Waals surface area contributed by atoms with Gasteiger partial charge >= 0.3 is 12.0 Å². The number of ether oxygens (including phenoxy) is 1. The highest BCUT2D eigenvalue weighted by atomic mass is 16.5. The van der Waals surface area contributed by atoms with Crippen molar-refractivity contribution in [1.29, 1.82) is 0 Å². The average Bonchev–Trinajstić information content (AvgIpc) is 2.46. The normalized spacial score (nSPS) is 13.0. The van der Waals surface area contributed by atoms with Crippen molar-refractivity contribution in [1.82, 2.24) is 10.6 Å². The molecule has 4 N–H and O–H groups in total. The first-order chi connectivity index (χ1) is 11.2. The fourth-order valence-electron chi connectivity index (χ4n) is 1.90. The maximum atomic E-state index is 12.2. The van der Waals surface area contributed by atoms with Crippen LogP contribution in [0.4, 0.5) is 10.5 Å². The van der Waals surface area contributed by atoms with Crippen LogP contribution in [0.3, 0.4) is 0 Å². The minimum atomic E-state index is -1.53. The summed E-state index contributed by atoms with van der Waals surface area (Å²) in [6.07, 6.45) is 0. The number of amides is 3. The van der Waals surface area contributed by atoms with E-state index in [1.54, 1.807) is 12.1 Å². The fourth-order valence-corrected chi connectivity index (χ4v) is 1.90. The van der Waals surface area contributed by atoms with E-state index < -0.39 is 17.4 Å². The molecule has 0 heterocycles. The third kappa shape index (κ3) is 5.54. The zero-order chi connectivity index (χ0) is 18.3. The molecule has 0 radical (unpaired) electrons. The fraction of sp³-hybridized carbons (Fsp3) is 0.438. The highest BCUT2D eigenvalue weighted by Gasteiger charge is 2.35. The zero-order valence-electron chi connectivity index (χ0n) is 14.2. The summed E-state index contributed by atoms with van der Waals surface area (Å²) in [5.74, 6) is -1.74. The van der Waals surface area contributed by atoms with E-state index in [4.69, 9.17) is 4.74 Å². The topological polar surface area (TPSA) is 117 Å². The van der Waals surface area contributed by atoms with Crippen molar-refractivity contribution in [3.8, 4) is 0 Å². The van der Waals surface area contributed by atoms with Gasteiger partial charge in [-0.05, 0) is 45.0 Å². The summed E-state index contributed by atoms with van der Waals surface area (Å²) < 4.78 is 4.85. The smallest absolute Gasteiger partial charge is 0.331 e. The maximum Gasteiger partial charge on any atom is 0.331 e. The average molecular weight is 337 g/mol. The molecule has 8 nitrogen and oxygen atoms in total. The van der Waals surface area contributed by atoms with Crippen molar-refractivity contribution in [2.45, 2.75) is 32.4 Å². The molecule has 3 amide bonds. The van der Waals surface area contributed by atoms with Crippen LogP contribution in [0.15, 0.2) is 24.3 Å². The van der Waals surface area contributed by atoms with E-state index in [0.29, 0.717) is 5.69 Å². The lowest BCUT2D eigenvalue weighted by atomic mass is 10.0. The van der Waals surface area contributed by atoms with Crippen LogP contribution in [0.1, 0.15) is 31.1 Å². The highest BCUT2D eigenvalue weighted by molar-refractivity contribution is 5.98. The lowest BCUT2D eigenvalue weighted by Gasteiger charge is -2.25. The molecular weight excluding hydrogens is 314 g/mol. The third-order valence-electron chi connectivity index (χ3n) is 3.12. The van der Waals surface area contributed by atoms with E-state index in [1.165, 1.54) is 26.2 Å². The van der Waals surface area contributed by atoms with Crippen molar-refractivity contribution in [3.05, 3.63) is 29.8 Å². The molecule has 0 saturated heterocycles. The Morgan fingerprint density at radius 2 is 1.79 bits per heavy atom. The van der Waals surface area contributed by atoms with Gasteiger partial charge in [-0.3, -0.25) is 4.79 Å². The number of hydrogen-bond donors (Lipinski definition) is 4. The number of carboxylic acid groups (broad SMARTS) is 1. The summed E-state index contributed by atoms with van der Waals surface area (Å²) in [6, 6.07) is 5.77. The van der Waals surface area contributed by atoms with E-state index >= 15 is 0 Å². The van der Waals surface area contributed by atoms with Crippen LogP contribution in [0.5, 0.6) is 0 Å². The van der Waals surface area contributed by atoms with E-state index in [2.05, 4.69) is 16.0 Å². The van der Waals surface area contributed by atoms with Crippen LogP contribution in [0, 0.1) is 0 Å². The molecule has 0 aliphatic carbocycles. The largest absolute Gasteiger partial charge is 0.479 e. The lowest BCUT2D eigenvalue weighted by Crippen LogP contribution is -2.55. The number of benzene rings is 1. The summed E-state index contributed by atoms with van der Waals surface area (Å²) in [5, 5.41) is 17.0. The minimum absolute atomic E-state index is 0.00420.